The lowest BCUT2D eigenvalue weighted by Gasteiger charge is -2.07. The predicted octanol–water partition coefficient (Wildman–Crippen LogP) is 3.26. The molecule has 23 heavy (non-hydrogen) atoms. The molecule has 0 aliphatic rings. The molecule has 0 saturated heterocycles. The topological polar surface area (TPSA) is 54.4 Å². The molecule has 3 rings (SSSR count). The highest BCUT2D eigenvalue weighted by molar-refractivity contribution is 6.13. The van der Waals surface area contributed by atoms with Gasteiger partial charge in [-0.05, 0) is 24.3 Å². The molecule has 0 saturated carbocycles. The molecule has 3 aromatic rings. The number of nitrogens with zero attached hydrogens (tertiary/aromatic N) is 2. The van der Waals surface area contributed by atoms with Gasteiger partial charge in [-0.15, -0.1) is 0 Å². The summed E-state index contributed by atoms with van der Waals surface area (Å²) in [5, 5.41) is 4.32. The Labute approximate surface area is 134 Å². The Bertz CT molecular complexity index is 758. The first-order valence-electron chi connectivity index (χ1n) is 7.23. The zero-order valence-corrected chi connectivity index (χ0v) is 12.4. The van der Waals surface area contributed by atoms with Crippen LogP contribution in [0.2, 0.25) is 0 Å². The molecule has 0 spiro atoms. The van der Waals surface area contributed by atoms with Gasteiger partial charge in [-0.3, -0.25) is 9.78 Å². The number of aromatic nitrogens is 1. The van der Waals surface area contributed by atoms with E-state index < -0.39 is 0 Å². The van der Waals surface area contributed by atoms with Crippen molar-refractivity contribution in [3.05, 3.63) is 102 Å². The Hall–Kier alpha value is -3.27. The molecule has 1 N–H and O–H groups in total. The van der Waals surface area contributed by atoms with E-state index in [4.69, 9.17) is 0 Å². The van der Waals surface area contributed by atoms with Gasteiger partial charge < -0.3 is 0 Å². The SMILES string of the molecule is O=C(N/N=C(\c1ccccc1)c1cccnc1)c1ccccc1. The molecule has 4 heteroatoms. The van der Waals surface area contributed by atoms with Gasteiger partial charge in [0.1, 0.15) is 0 Å². The fraction of sp³-hybridized carbons (Fsp3) is 0. The maximum atomic E-state index is 12.2. The van der Waals surface area contributed by atoms with Gasteiger partial charge in [0.05, 0.1) is 5.71 Å². The number of benzene rings is 2. The molecule has 0 radical (unpaired) electrons. The Morgan fingerprint density at radius 1 is 0.783 bits per heavy atom. The second-order valence-electron chi connectivity index (χ2n) is 4.88. The molecule has 0 aliphatic carbocycles. The van der Waals surface area contributed by atoms with E-state index in [0.29, 0.717) is 11.3 Å². The summed E-state index contributed by atoms with van der Waals surface area (Å²) >= 11 is 0. The summed E-state index contributed by atoms with van der Waals surface area (Å²) in [6.07, 6.45) is 3.43. The van der Waals surface area contributed by atoms with Crippen LogP contribution in [0, 0.1) is 0 Å². The standard InChI is InChI=1S/C19H15N3O/c23-19(16-10-5-2-6-11-16)22-21-18(15-8-3-1-4-9-15)17-12-7-13-20-14-17/h1-14H,(H,22,23)/b21-18+. The predicted molar refractivity (Wildman–Crippen MR) is 90.2 cm³/mol. The first kappa shape index (κ1) is 14.7. The third-order valence-corrected chi connectivity index (χ3v) is 3.29. The minimum atomic E-state index is -0.247. The van der Waals surface area contributed by atoms with Crippen LogP contribution in [0.25, 0.3) is 0 Å². The van der Waals surface area contributed by atoms with Crippen LogP contribution >= 0.6 is 0 Å². The van der Waals surface area contributed by atoms with E-state index in [0.717, 1.165) is 11.1 Å². The van der Waals surface area contributed by atoms with E-state index in [1.54, 1.807) is 24.5 Å². The number of amides is 1. The maximum absolute atomic E-state index is 12.2. The molecular weight excluding hydrogens is 286 g/mol. The molecule has 0 unspecified atom stereocenters. The van der Waals surface area contributed by atoms with Gasteiger partial charge >= 0.3 is 0 Å². The van der Waals surface area contributed by atoms with Crippen LogP contribution in [-0.2, 0) is 0 Å². The van der Waals surface area contributed by atoms with Gasteiger partial charge in [-0.1, -0.05) is 48.5 Å². The maximum Gasteiger partial charge on any atom is 0.271 e. The Balaban J connectivity index is 1.91. The minimum absolute atomic E-state index is 0.247. The van der Waals surface area contributed by atoms with Gasteiger partial charge in [0, 0.05) is 29.1 Å². The van der Waals surface area contributed by atoms with Crippen LogP contribution in [0.15, 0.2) is 90.3 Å². The van der Waals surface area contributed by atoms with Crippen molar-refractivity contribution >= 4 is 11.6 Å². The molecule has 0 aliphatic heterocycles. The van der Waals surface area contributed by atoms with Gasteiger partial charge in [0.25, 0.3) is 5.91 Å². The van der Waals surface area contributed by atoms with E-state index in [1.807, 2.05) is 60.7 Å². The van der Waals surface area contributed by atoms with E-state index in [2.05, 4.69) is 15.5 Å². The molecule has 1 heterocycles. The smallest absolute Gasteiger partial charge is 0.267 e. The van der Waals surface area contributed by atoms with Gasteiger partial charge in [-0.2, -0.15) is 5.10 Å². The summed E-state index contributed by atoms with van der Waals surface area (Å²) < 4.78 is 0. The molecule has 112 valence electrons. The number of carbonyl (C=O) groups excluding carboxylic acids is 1. The molecule has 2 aromatic carbocycles. The van der Waals surface area contributed by atoms with Crippen LogP contribution in [0.1, 0.15) is 21.5 Å². The monoisotopic (exact) mass is 301 g/mol. The summed E-state index contributed by atoms with van der Waals surface area (Å²) in [4.78, 5) is 16.3. The van der Waals surface area contributed by atoms with Gasteiger partial charge in [-0.25, -0.2) is 5.43 Å². The molecule has 0 bridgehead atoms. The molecule has 4 nitrogen and oxygen atoms in total. The summed E-state index contributed by atoms with van der Waals surface area (Å²) in [5.74, 6) is -0.247. The Morgan fingerprint density at radius 3 is 2.00 bits per heavy atom. The van der Waals surface area contributed by atoms with Crippen LogP contribution in [0.3, 0.4) is 0 Å². The largest absolute Gasteiger partial charge is 0.271 e. The zero-order valence-electron chi connectivity index (χ0n) is 12.4. The third-order valence-electron chi connectivity index (χ3n) is 3.29. The number of nitrogens with one attached hydrogen (secondary N) is 1. The van der Waals surface area contributed by atoms with Crippen molar-refractivity contribution in [3.8, 4) is 0 Å². The second kappa shape index (κ2) is 7.13. The molecule has 0 fully saturated rings. The molecular formula is C19H15N3O. The van der Waals surface area contributed by atoms with Crippen molar-refractivity contribution in [1.82, 2.24) is 10.4 Å². The van der Waals surface area contributed by atoms with Crippen molar-refractivity contribution in [1.29, 1.82) is 0 Å². The minimum Gasteiger partial charge on any atom is -0.267 e. The second-order valence-corrected chi connectivity index (χ2v) is 4.88. The molecule has 1 aromatic heterocycles. The zero-order chi connectivity index (χ0) is 15.9. The fourth-order valence-corrected chi connectivity index (χ4v) is 2.16. The van der Waals surface area contributed by atoms with Gasteiger partial charge in [0.15, 0.2) is 0 Å². The van der Waals surface area contributed by atoms with E-state index >= 15 is 0 Å². The summed E-state index contributed by atoms with van der Waals surface area (Å²) in [7, 11) is 0. The number of carbonyl (C=O) groups is 1. The van der Waals surface area contributed by atoms with Gasteiger partial charge in [0.2, 0.25) is 0 Å². The van der Waals surface area contributed by atoms with Crippen LogP contribution in [0.4, 0.5) is 0 Å². The average Bonchev–Trinajstić information content (AvgIpc) is 2.64. The average molecular weight is 301 g/mol. The molecule has 1 amide bonds. The van der Waals surface area contributed by atoms with E-state index in [1.165, 1.54) is 0 Å². The molecule has 0 atom stereocenters. The first-order chi connectivity index (χ1) is 11.3. The van der Waals surface area contributed by atoms with Crippen LogP contribution in [0.5, 0.6) is 0 Å². The quantitative estimate of drug-likeness (QED) is 0.594. The number of hydrogen-bond donors (Lipinski definition) is 1. The highest BCUT2D eigenvalue weighted by Crippen LogP contribution is 2.09. The fourth-order valence-electron chi connectivity index (χ4n) is 2.16. The van der Waals surface area contributed by atoms with Crippen molar-refractivity contribution < 1.29 is 4.79 Å². The lowest BCUT2D eigenvalue weighted by molar-refractivity contribution is 0.0955. The summed E-state index contributed by atoms with van der Waals surface area (Å²) in [5.41, 5.74) is 5.60. The lowest BCUT2D eigenvalue weighted by Crippen LogP contribution is -2.20. The van der Waals surface area contributed by atoms with Crippen molar-refractivity contribution in [3.63, 3.8) is 0 Å². The first-order valence-corrected chi connectivity index (χ1v) is 7.23. The number of hydrazone groups is 1. The van der Waals surface area contributed by atoms with Crippen molar-refractivity contribution in [2.45, 2.75) is 0 Å². The lowest BCUT2D eigenvalue weighted by atomic mass is 10.0. The van der Waals surface area contributed by atoms with E-state index in [9.17, 15) is 4.79 Å². The number of rotatable bonds is 4. The number of pyridine rings is 1. The third kappa shape index (κ3) is 3.68. The normalized spacial score (nSPS) is 11.0. The van der Waals surface area contributed by atoms with E-state index in [-0.39, 0.29) is 5.91 Å². The van der Waals surface area contributed by atoms with Crippen LogP contribution < -0.4 is 5.43 Å². The Morgan fingerprint density at radius 2 is 1.39 bits per heavy atom. The van der Waals surface area contributed by atoms with Crippen LogP contribution in [-0.4, -0.2) is 16.6 Å². The van der Waals surface area contributed by atoms with Crippen molar-refractivity contribution in [2.75, 3.05) is 0 Å². The highest BCUT2D eigenvalue weighted by atomic mass is 16.2. The summed E-state index contributed by atoms with van der Waals surface area (Å²) in [6, 6.07) is 22.4. The van der Waals surface area contributed by atoms with Crippen molar-refractivity contribution in [2.24, 2.45) is 5.10 Å². The number of hydrogen-bond acceptors (Lipinski definition) is 3. The highest BCUT2D eigenvalue weighted by Gasteiger charge is 2.09. The summed E-state index contributed by atoms with van der Waals surface area (Å²) in [6.45, 7) is 0. The Kier molecular flexibility index (Phi) is 4.55.